The number of piperidine rings is 1. The predicted molar refractivity (Wildman–Crippen MR) is 99.1 cm³/mol. The van der Waals surface area contributed by atoms with Gasteiger partial charge in [-0.3, -0.25) is 9.59 Å². The van der Waals surface area contributed by atoms with Crippen molar-refractivity contribution in [1.82, 2.24) is 20.4 Å². The molecule has 0 aromatic heterocycles. The molecule has 0 unspecified atom stereocenters. The van der Waals surface area contributed by atoms with Gasteiger partial charge in [0.25, 0.3) is 0 Å². The van der Waals surface area contributed by atoms with Gasteiger partial charge in [-0.15, -0.1) is 0 Å². The number of hydrogen-bond acceptors (Lipinski definition) is 4. The maximum absolute atomic E-state index is 12.5. The van der Waals surface area contributed by atoms with Crippen LogP contribution in [0.15, 0.2) is 24.3 Å². The number of methoxy groups -OCH3 is 1. The Morgan fingerprint density at radius 2 is 2.11 bits per heavy atom. The molecule has 3 rings (SSSR count). The molecule has 8 heteroatoms. The minimum absolute atomic E-state index is 0.0543. The Morgan fingerprint density at radius 1 is 1.30 bits per heavy atom. The Hall–Kier alpha value is -2.77. The van der Waals surface area contributed by atoms with Gasteiger partial charge in [-0.25, -0.2) is 4.79 Å². The molecular formula is C19H26N4O4. The summed E-state index contributed by atoms with van der Waals surface area (Å²) >= 11 is 0. The van der Waals surface area contributed by atoms with Crippen molar-refractivity contribution < 1.29 is 19.1 Å². The van der Waals surface area contributed by atoms with Gasteiger partial charge in [-0.05, 0) is 12.5 Å². The van der Waals surface area contributed by atoms with Crippen molar-refractivity contribution in [3.8, 4) is 5.75 Å². The zero-order chi connectivity index (χ0) is 19.2. The highest BCUT2D eigenvalue weighted by molar-refractivity contribution is 5.84. The lowest BCUT2D eigenvalue weighted by Gasteiger charge is -2.32. The first-order valence-electron chi connectivity index (χ1n) is 9.28. The number of rotatable bonds is 7. The summed E-state index contributed by atoms with van der Waals surface area (Å²) in [5.74, 6) is 0.497. The number of hydrogen-bond donors (Lipinski definition) is 2. The number of ether oxygens (including phenoxy) is 1. The summed E-state index contributed by atoms with van der Waals surface area (Å²) in [6.07, 6.45) is 0.916. The number of carbonyl (C=O) groups is 3. The normalized spacial score (nSPS) is 19.8. The third-order valence-corrected chi connectivity index (χ3v) is 5.05. The summed E-state index contributed by atoms with van der Waals surface area (Å²) in [7, 11) is 1.60. The number of benzene rings is 1. The van der Waals surface area contributed by atoms with Crippen LogP contribution in [0, 0.1) is 5.92 Å². The van der Waals surface area contributed by atoms with E-state index in [0.29, 0.717) is 52.1 Å². The molecule has 1 aromatic carbocycles. The van der Waals surface area contributed by atoms with Crippen molar-refractivity contribution in [3.63, 3.8) is 0 Å². The summed E-state index contributed by atoms with van der Waals surface area (Å²) in [6.45, 7) is 3.06. The highest BCUT2D eigenvalue weighted by Crippen LogP contribution is 2.24. The number of para-hydroxylation sites is 1. The van der Waals surface area contributed by atoms with E-state index in [1.165, 1.54) is 0 Å². The molecule has 1 atom stereocenters. The van der Waals surface area contributed by atoms with Crippen LogP contribution < -0.4 is 15.4 Å². The fourth-order valence-corrected chi connectivity index (χ4v) is 3.50. The second-order valence-corrected chi connectivity index (χ2v) is 6.83. The van der Waals surface area contributed by atoms with Crippen molar-refractivity contribution in [2.45, 2.75) is 19.4 Å². The molecule has 2 aliphatic rings. The van der Waals surface area contributed by atoms with E-state index in [4.69, 9.17) is 4.74 Å². The molecule has 0 radical (unpaired) electrons. The predicted octanol–water partition coefficient (Wildman–Crippen LogP) is 0.575. The van der Waals surface area contributed by atoms with Crippen molar-refractivity contribution in [1.29, 1.82) is 0 Å². The molecule has 0 aliphatic carbocycles. The lowest BCUT2D eigenvalue weighted by atomic mass is 9.96. The van der Waals surface area contributed by atoms with Gasteiger partial charge in [0, 0.05) is 51.3 Å². The van der Waals surface area contributed by atoms with Crippen LogP contribution in [0.25, 0.3) is 0 Å². The minimum Gasteiger partial charge on any atom is -0.496 e. The molecule has 2 saturated heterocycles. The van der Waals surface area contributed by atoms with Crippen LogP contribution in [0.1, 0.15) is 18.4 Å². The minimum atomic E-state index is -0.232. The van der Waals surface area contributed by atoms with Crippen molar-refractivity contribution in [3.05, 3.63) is 29.8 Å². The van der Waals surface area contributed by atoms with E-state index >= 15 is 0 Å². The zero-order valence-corrected chi connectivity index (χ0v) is 15.6. The number of carbonyl (C=O) groups excluding carboxylic acids is 3. The fourth-order valence-electron chi connectivity index (χ4n) is 3.50. The monoisotopic (exact) mass is 374 g/mol. The Morgan fingerprint density at radius 3 is 2.85 bits per heavy atom. The summed E-state index contributed by atoms with van der Waals surface area (Å²) in [6, 6.07) is 7.50. The molecule has 2 heterocycles. The first kappa shape index (κ1) is 19.0. The SMILES string of the molecule is COc1ccccc1CN1C[C@@H](C(=O)NCCN2CCNC2=O)CCC1=O. The number of nitrogens with zero attached hydrogens (tertiary/aromatic N) is 2. The maximum Gasteiger partial charge on any atom is 0.317 e. The van der Waals surface area contributed by atoms with Gasteiger partial charge >= 0.3 is 6.03 Å². The van der Waals surface area contributed by atoms with E-state index < -0.39 is 0 Å². The summed E-state index contributed by atoms with van der Waals surface area (Å²) in [5, 5.41) is 5.63. The number of amides is 4. The van der Waals surface area contributed by atoms with Gasteiger partial charge in [0.15, 0.2) is 0 Å². The average molecular weight is 374 g/mol. The number of nitrogens with one attached hydrogen (secondary N) is 2. The first-order valence-corrected chi connectivity index (χ1v) is 9.28. The van der Waals surface area contributed by atoms with Gasteiger partial charge < -0.3 is 25.2 Å². The Kier molecular flexibility index (Phi) is 6.16. The second kappa shape index (κ2) is 8.75. The van der Waals surface area contributed by atoms with E-state index in [1.807, 2.05) is 24.3 Å². The van der Waals surface area contributed by atoms with E-state index in [1.54, 1.807) is 16.9 Å². The molecule has 2 aliphatic heterocycles. The van der Waals surface area contributed by atoms with Crippen LogP contribution in [0.3, 0.4) is 0 Å². The van der Waals surface area contributed by atoms with Gasteiger partial charge in [0.05, 0.1) is 13.0 Å². The van der Waals surface area contributed by atoms with Gasteiger partial charge in [-0.1, -0.05) is 18.2 Å². The molecule has 1 aromatic rings. The Balaban J connectivity index is 1.52. The summed E-state index contributed by atoms with van der Waals surface area (Å²) in [5.41, 5.74) is 0.925. The van der Waals surface area contributed by atoms with Gasteiger partial charge in [-0.2, -0.15) is 0 Å². The number of urea groups is 1. The highest BCUT2D eigenvalue weighted by Gasteiger charge is 2.30. The largest absolute Gasteiger partial charge is 0.496 e. The topological polar surface area (TPSA) is 91.0 Å². The molecule has 27 heavy (non-hydrogen) atoms. The van der Waals surface area contributed by atoms with Gasteiger partial charge in [0.1, 0.15) is 5.75 Å². The molecule has 0 bridgehead atoms. The quantitative estimate of drug-likeness (QED) is 0.730. The first-order chi connectivity index (χ1) is 13.1. The van der Waals surface area contributed by atoms with Crippen LogP contribution in [0.2, 0.25) is 0 Å². The standard InChI is InChI=1S/C19H26N4O4/c1-27-16-5-3-2-4-14(16)12-23-13-15(6-7-17(23)24)18(25)20-8-10-22-11-9-21-19(22)26/h2-5,15H,6-13H2,1H3,(H,20,25)(H,21,26)/t15-/m0/s1. The Labute approximate surface area is 158 Å². The van der Waals surface area contributed by atoms with E-state index in [2.05, 4.69) is 10.6 Å². The van der Waals surface area contributed by atoms with Crippen molar-refractivity contribution in [2.24, 2.45) is 5.92 Å². The third kappa shape index (κ3) is 4.69. The lowest BCUT2D eigenvalue weighted by Crippen LogP contribution is -2.46. The Bertz CT molecular complexity index is 709. The molecule has 0 spiro atoms. The van der Waals surface area contributed by atoms with E-state index in [9.17, 15) is 14.4 Å². The molecule has 8 nitrogen and oxygen atoms in total. The lowest BCUT2D eigenvalue weighted by molar-refractivity contribution is -0.138. The molecule has 4 amide bonds. The molecular weight excluding hydrogens is 348 g/mol. The van der Waals surface area contributed by atoms with E-state index in [0.717, 1.165) is 11.3 Å². The maximum atomic E-state index is 12.5. The number of likely N-dealkylation sites (tertiary alicyclic amines) is 1. The average Bonchev–Trinajstić information content (AvgIpc) is 3.08. The van der Waals surface area contributed by atoms with Crippen LogP contribution >= 0.6 is 0 Å². The third-order valence-electron chi connectivity index (χ3n) is 5.05. The fraction of sp³-hybridized carbons (Fsp3) is 0.526. The van der Waals surface area contributed by atoms with Crippen LogP contribution in [0.5, 0.6) is 5.75 Å². The molecule has 146 valence electrons. The smallest absolute Gasteiger partial charge is 0.317 e. The second-order valence-electron chi connectivity index (χ2n) is 6.83. The molecule has 2 N–H and O–H groups in total. The molecule has 2 fully saturated rings. The van der Waals surface area contributed by atoms with Crippen molar-refractivity contribution >= 4 is 17.8 Å². The highest BCUT2D eigenvalue weighted by atomic mass is 16.5. The zero-order valence-electron chi connectivity index (χ0n) is 15.6. The summed E-state index contributed by atoms with van der Waals surface area (Å²) < 4.78 is 5.35. The van der Waals surface area contributed by atoms with Crippen LogP contribution in [-0.4, -0.2) is 67.5 Å². The van der Waals surface area contributed by atoms with Crippen LogP contribution in [0.4, 0.5) is 4.79 Å². The van der Waals surface area contributed by atoms with Gasteiger partial charge in [0.2, 0.25) is 11.8 Å². The van der Waals surface area contributed by atoms with Crippen molar-refractivity contribution in [2.75, 3.05) is 39.8 Å². The summed E-state index contributed by atoms with van der Waals surface area (Å²) in [4.78, 5) is 39.7. The van der Waals surface area contributed by atoms with E-state index in [-0.39, 0.29) is 23.8 Å². The van der Waals surface area contributed by atoms with Crippen LogP contribution in [-0.2, 0) is 16.1 Å². The molecule has 0 saturated carbocycles.